The molecule has 0 spiro atoms. The lowest BCUT2D eigenvalue weighted by Gasteiger charge is -2.32. The first-order valence-corrected chi connectivity index (χ1v) is 10.7. The Balaban J connectivity index is 1.34. The van der Waals surface area contributed by atoms with E-state index in [2.05, 4.69) is 20.4 Å². The average Bonchev–Trinajstić information content (AvgIpc) is 2.81. The van der Waals surface area contributed by atoms with Gasteiger partial charge in [-0.3, -0.25) is 14.9 Å². The first-order valence-electron chi connectivity index (χ1n) is 10.3. The summed E-state index contributed by atoms with van der Waals surface area (Å²) in [5.74, 6) is 0.598. The van der Waals surface area contributed by atoms with Crippen molar-refractivity contribution in [2.24, 2.45) is 5.92 Å². The Hall–Kier alpha value is -3.52. The normalized spacial score (nSPS) is 14.2. The van der Waals surface area contributed by atoms with Crippen molar-refractivity contribution in [2.45, 2.75) is 19.8 Å². The summed E-state index contributed by atoms with van der Waals surface area (Å²) in [4.78, 5) is 25.3. The molecule has 0 unspecified atom stereocenters. The molecule has 8 nitrogen and oxygen atoms in total. The molecule has 1 aliphatic rings. The van der Waals surface area contributed by atoms with Crippen LogP contribution in [0.3, 0.4) is 0 Å². The number of piperidine rings is 1. The number of benzene rings is 2. The van der Waals surface area contributed by atoms with E-state index in [4.69, 9.17) is 11.6 Å². The Kier molecular flexibility index (Phi) is 6.32. The Morgan fingerprint density at radius 1 is 1.09 bits per heavy atom. The molecule has 1 saturated heterocycles. The Morgan fingerprint density at radius 2 is 1.81 bits per heavy atom. The predicted octanol–water partition coefficient (Wildman–Crippen LogP) is 4.87. The third kappa shape index (κ3) is 4.86. The molecule has 32 heavy (non-hydrogen) atoms. The van der Waals surface area contributed by atoms with Crippen molar-refractivity contribution in [1.29, 1.82) is 0 Å². The fourth-order valence-electron chi connectivity index (χ4n) is 3.78. The van der Waals surface area contributed by atoms with Crippen molar-refractivity contribution in [2.75, 3.05) is 23.3 Å². The summed E-state index contributed by atoms with van der Waals surface area (Å²) in [5, 5.41) is 23.2. The van der Waals surface area contributed by atoms with Gasteiger partial charge >= 0.3 is 0 Å². The molecule has 1 amide bonds. The molecule has 9 heteroatoms. The van der Waals surface area contributed by atoms with Crippen molar-refractivity contribution in [1.82, 2.24) is 10.2 Å². The van der Waals surface area contributed by atoms with Gasteiger partial charge in [-0.1, -0.05) is 23.7 Å². The number of nitrogens with one attached hydrogen (secondary N) is 1. The van der Waals surface area contributed by atoms with Gasteiger partial charge in [-0.25, -0.2) is 0 Å². The molecule has 0 saturated carbocycles. The molecule has 164 valence electrons. The number of aromatic nitrogens is 2. The van der Waals surface area contributed by atoms with Crippen LogP contribution in [0.25, 0.3) is 11.3 Å². The molecular formula is C23H22ClN5O3. The number of hydrogen-bond acceptors (Lipinski definition) is 6. The molecule has 4 rings (SSSR count). The maximum atomic E-state index is 12.7. The molecule has 2 heterocycles. The largest absolute Gasteiger partial charge is 0.355 e. The van der Waals surface area contributed by atoms with E-state index in [1.54, 1.807) is 13.0 Å². The maximum Gasteiger partial charge on any atom is 0.269 e. The summed E-state index contributed by atoms with van der Waals surface area (Å²) in [7, 11) is 0. The topological polar surface area (TPSA) is 101 Å². The number of rotatable bonds is 5. The molecule has 1 N–H and O–H groups in total. The van der Waals surface area contributed by atoms with Gasteiger partial charge in [-0.15, -0.1) is 10.2 Å². The minimum atomic E-state index is -0.445. The molecule has 1 aliphatic heterocycles. The summed E-state index contributed by atoms with van der Waals surface area (Å²) < 4.78 is 0. The van der Waals surface area contributed by atoms with Crippen molar-refractivity contribution < 1.29 is 9.72 Å². The second kappa shape index (κ2) is 9.32. The van der Waals surface area contributed by atoms with Crippen LogP contribution in [0.5, 0.6) is 0 Å². The van der Waals surface area contributed by atoms with Crippen molar-refractivity contribution in [3.8, 4) is 11.3 Å². The fourth-order valence-corrected chi connectivity index (χ4v) is 3.90. The van der Waals surface area contributed by atoms with Gasteiger partial charge in [-0.05, 0) is 55.7 Å². The number of halogens is 1. The quantitative estimate of drug-likeness (QED) is 0.438. The SMILES string of the molecule is Cc1cc([N+](=O)[O-])ccc1NC(=O)C1CCN(c2ccc(-c3ccc(Cl)cc3)nn2)CC1. The van der Waals surface area contributed by atoms with E-state index in [9.17, 15) is 14.9 Å². The van der Waals surface area contributed by atoms with E-state index < -0.39 is 4.92 Å². The molecular weight excluding hydrogens is 430 g/mol. The highest BCUT2D eigenvalue weighted by Crippen LogP contribution is 2.26. The van der Waals surface area contributed by atoms with Gasteiger partial charge in [0.2, 0.25) is 5.91 Å². The molecule has 0 bridgehead atoms. The highest BCUT2D eigenvalue weighted by Gasteiger charge is 2.26. The van der Waals surface area contributed by atoms with Crippen LogP contribution >= 0.6 is 11.6 Å². The van der Waals surface area contributed by atoms with Crippen LogP contribution in [0, 0.1) is 23.0 Å². The standard InChI is InChI=1S/C23H22ClN5O3/c1-15-14-19(29(31)32)6-7-20(15)25-23(30)17-10-12-28(13-11-17)22-9-8-21(26-27-22)16-2-4-18(24)5-3-16/h2-9,14,17H,10-13H2,1H3,(H,25,30). The molecule has 1 aromatic heterocycles. The van der Waals surface area contributed by atoms with E-state index >= 15 is 0 Å². The van der Waals surface area contributed by atoms with E-state index in [-0.39, 0.29) is 17.5 Å². The molecule has 2 aromatic carbocycles. The van der Waals surface area contributed by atoms with Gasteiger partial charge in [0.15, 0.2) is 5.82 Å². The van der Waals surface area contributed by atoms with Crippen molar-refractivity contribution >= 4 is 34.7 Å². The first-order chi connectivity index (χ1) is 15.4. The van der Waals surface area contributed by atoms with E-state index in [0.717, 1.165) is 17.1 Å². The number of hydrogen-bond donors (Lipinski definition) is 1. The number of carbonyl (C=O) groups excluding carboxylic acids is 1. The fraction of sp³-hybridized carbons (Fsp3) is 0.261. The number of aryl methyl sites for hydroxylation is 1. The van der Waals surface area contributed by atoms with Crippen LogP contribution in [0.4, 0.5) is 17.2 Å². The zero-order valence-corrected chi connectivity index (χ0v) is 18.2. The zero-order chi connectivity index (χ0) is 22.7. The highest BCUT2D eigenvalue weighted by molar-refractivity contribution is 6.30. The monoisotopic (exact) mass is 451 g/mol. The van der Waals surface area contributed by atoms with Crippen LogP contribution in [-0.2, 0) is 4.79 Å². The number of anilines is 2. The van der Waals surface area contributed by atoms with Gasteiger partial charge in [-0.2, -0.15) is 0 Å². The summed E-state index contributed by atoms with van der Waals surface area (Å²) in [6, 6.07) is 15.8. The minimum absolute atomic E-state index is 0.0111. The second-order valence-corrected chi connectivity index (χ2v) is 8.23. The number of nitro benzene ring substituents is 1. The average molecular weight is 452 g/mol. The number of carbonyl (C=O) groups is 1. The molecule has 3 aromatic rings. The number of nitro groups is 1. The van der Waals surface area contributed by atoms with Crippen LogP contribution in [0.1, 0.15) is 18.4 Å². The zero-order valence-electron chi connectivity index (χ0n) is 17.5. The van der Waals surface area contributed by atoms with Gasteiger partial charge in [0.05, 0.1) is 10.6 Å². The minimum Gasteiger partial charge on any atom is -0.355 e. The summed E-state index contributed by atoms with van der Waals surface area (Å²) in [6.07, 6.45) is 1.39. The van der Waals surface area contributed by atoms with Crippen LogP contribution < -0.4 is 10.2 Å². The van der Waals surface area contributed by atoms with Crippen LogP contribution in [-0.4, -0.2) is 34.1 Å². The summed E-state index contributed by atoms with van der Waals surface area (Å²) in [5.41, 5.74) is 3.01. The third-order valence-electron chi connectivity index (χ3n) is 5.66. The van der Waals surface area contributed by atoms with Gasteiger partial charge < -0.3 is 10.2 Å². The van der Waals surface area contributed by atoms with Gasteiger partial charge in [0.1, 0.15) is 0 Å². The van der Waals surface area contributed by atoms with Crippen LogP contribution in [0.15, 0.2) is 54.6 Å². The van der Waals surface area contributed by atoms with E-state index in [1.807, 2.05) is 36.4 Å². The van der Waals surface area contributed by atoms with Crippen LogP contribution in [0.2, 0.25) is 5.02 Å². The summed E-state index contributed by atoms with van der Waals surface area (Å²) in [6.45, 7) is 3.15. The highest BCUT2D eigenvalue weighted by atomic mass is 35.5. The lowest BCUT2D eigenvalue weighted by atomic mass is 9.95. The van der Waals surface area contributed by atoms with Crippen molar-refractivity contribution in [3.63, 3.8) is 0 Å². The van der Waals surface area contributed by atoms with Gasteiger partial charge in [0, 0.05) is 47.4 Å². The smallest absolute Gasteiger partial charge is 0.269 e. The Morgan fingerprint density at radius 3 is 2.41 bits per heavy atom. The van der Waals surface area contributed by atoms with Crippen molar-refractivity contribution in [3.05, 3.63) is 75.3 Å². The van der Waals surface area contributed by atoms with Gasteiger partial charge in [0.25, 0.3) is 5.69 Å². The number of nitrogens with zero attached hydrogens (tertiary/aromatic N) is 4. The van der Waals surface area contributed by atoms with E-state index in [0.29, 0.717) is 42.2 Å². The molecule has 0 atom stereocenters. The molecule has 1 fully saturated rings. The molecule has 0 aliphatic carbocycles. The summed E-state index contributed by atoms with van der Waals surface area (Å²) >= 11 is 5.93. The Bertz CT molecular complexity index is 1130. The predicted molar refractivity (Wildman–Crippen MR) is 124 cm³/mol. The number of non-ortho nitro benzene ring substituents is 1. The first kappa shape index (κ1) is 21.7. The molecule has 0 radical (unpaired) electrons. The number of amides is 1. The third-order valence-corrected chi connectivity index (χ3v) is 5.91. The maximum absolute atomic E-state index is 12.7. The Labute approximate surface area is 190 Å². The second-order valence-electron chi connectivity index (χ2n) is 7.79. The lowest BCUT2D eigenvalue weighted by Crippen LogP contribution is -2.38. The lowest BCUT2D eigenvalue weighted by molar-refractivity contribution is -0.384. The van der Waals surface area contributed by atoms with E-state index in [1.165, 1.54) is 12.1 Å².